The molecule has 0 aromatic carbocycles. The lowest BCUT2D eigenvalue weighted by Crippen LogP contribution is -2.40. The molecule has 0 spiro atoms. The van der Waals surface area contributed by atoms with Crippen LogP contribution in [0.1, 0.15) is 54.4 Å². The van der Waals surface area contributed by atoms with Crippen LogP contribution in [0.3, 0.4) is 0 Å². The van der Waals surface area contributed by atoms with E-state index in [9.17, 15) is 4.79 Å². The number of carbonyl (C=O) groups is 1. The summed E-state index contributed by atoms with van der Waals surface area (Å²) in [7, 11) is 4.09. The monoisotopic (exact) mass is 279 g/mol. The van der Waals surface area contributed by atoms with E-state index < -0.39 is 0 Å². The Morgan fingerprint density at radius 2 is 2.15 bits per heavy atom. The van der Waals surface area contributed by atoms with Crippen LogP contribution < -0.4 is 5.32 Å². The van der Waals surface area contributed by atoms with Gasteiger partial charge < -0.3 is 14.7 Å². The number of nitrogens with one attached hydrogen (secondary N) is 1. The van der Waals surface area contributed by atoms with E-state index in [2.05, 4.69) is 22.3 Å². The van der Waals surface area contributed by atoms with Crippen LogP contribution in [-0.4, -0.2) is 42.6 Å². The zero-order valence-corrected chi connectivity index (χ0v) is 12.7. The van der Waals surface area contributed by atoms with Crippen molar-refractivity contribution in [2.75, 3.05) is 20.6 Å². The Kier molecular flexibility index (Phi) is 5.17. The molecule has 0 aliphatic heterocycles. The van der Waals surface area contributed by atoms with Crippen LogP contribution in [0.4, 0.5) is 0 Å². The molecule has 5 heteroatoms. The van der Waals surface area contributed by atoms with Gasteiger partial charge in [-0.15, -0.1) is 0 Å². The summed E-state index contributed by atoms with van der Waals surface area (Å²) < 4.78 is 5.26. The third-order valence-electron chi connectivity index (χ3n) is 4.02. The minimum absolute atomic E-state index is 0.122. The van der Waals surface area contributed by atoms with Crippen LogP contribution in [0.2, 0.25) is 0 Å². The summed E-state index contributed by atoms with van der Waals surface area (Å²) in [6.07, 6.45) is 6.28. The zero-order valence-electron chi connectivity index (χ0n) is 12.7. The normalized spacial score (nSPS) is 16.0. The fraction of sp³-hybridized carbons (Fsp3) is 0.733. The Morgan fingerprint density at radius 3 is 2.85 bits per heavy atom. The quantitative estimate of drug-likeness (QED) is 0.865. The molecular formula is C15H25N3O2. The summed E-state index contributed by atoms with van der Waals surface area (Å²) in [5.41, 5.74) is 1.99. The van der Waals surface area contributed by atoms with Gasteiger partial charge in [-0.25, -0.2) is 0 Å². The summed E-state index contributed by atoms with van der Waals surface area (Å²) in [6.45, 7) is 2.81. The van der Waals surface area contributed by atoms with E-state index >= 15 is 0 Å². The third-order valence-corrected chi connectivity index (χ3v) is 4.02. The number of amides is 1. The molecule has 0 bridgehead atoms. The van der Waals surface area contributed by atoms with Gasteiger partial charge in [0.25, 0.3) is 5.91 Å². The first kappa shape index (κ1) is 15.0. The molecule has 0 unspecified atom stereocenters. The Morgan fingerprint density at radius 1 is 1.40 bits per heavy atom. The van der Waals surface area contributed by atoms with Crippen molar-refractivity contribution in [3.63, 3.8) is 0 Å². The van der Waals surface area contributed by atoms with E-state index in [0.29, 0.717) is 18.3 Å². The van der Waals surface area contributed by atoms with Gasteiger partial charge in [0.15, 0.2) is 0 Å². The van der Waals surface area contributed by atoms with Crippen LogP contribution >= 0.6 is 0 Å². The van der Waals surface area contributed by atoms with Crippen molar-refractivity contribution in [1.82, 2.24) is 15.4 Å². The van der Waals surface area contributed by atoms with Crippen LogP contribution in [0.25, 0.3) is 0 Å². The molecule has 1 N–H and O–H groups in total. The summed E-state index contributed by atoms with van der Waals surface area (Å²) in [6, 6.07) is 0.364. The molecule has 1 aromatic heterocycles. The fourth-order valence-corrected chi connectivity index (χ4v) is 2.74. The van der Waals surface area contributed by atoms with Crippen molar-refractivity contribution >= 4 is 5.91 Å². The number of rotatable bonds is 6. The highest BCUT2D eigenvalue weighted by Crippen LogP contribution is 2.23. The van der Waals surface area contributed by atoms with Crippen molar-refractivity contribution in [2.45, 2.75) is 51.5 Å². The molecule has 1 aliphatic carbocycles. The molecular weight excluding hydrogens is 254 g/mol. The van der Waals surface area contributed by atoms with E-state index in [4.69, 9.17) is 4.52 Å². The Labute approximate surface area is 120 Å². The topological polar surface area (TPSA) is 58.4 Å². The summed E-state index contributed by atoms with van der Waals surface area (Å²) in [5.74, 6) is 0.303. The van der Waals surface area contributed by atoms with Crippen molar-refractivity contribution in [3.05, 3.63) is 17.0 Å². The van der Waals surface area contributed by atoms with Crippen molar-refractivity contribution in [1.29, 1.82) is 0 Å². The SMILES string of the molecule is CCC[C@H](CNC(=O)c1onc2c1CCCC2)N(C)C. The van der Waals surface area contributed by atoms with Crippen LogP contribution in [0.15, 0.2) is 4.52 Å². The summed E-state index contributed by atoms with van der Waals surface area (Å²) >= 11 is 0. The third kappa shape index (κ3) is 3.39. The van der Waals surface area contributed by atoms with E-state index in [1.807, 2.05) is 14.1 Å². The molecule has 1 heterocycles. The number of hydrogen-bond acceptors (Lipinski definition) is 4. The number of hydrogen-bond donors (Lipinski definition) is 1. The Balaban J connectivity index is 1.96. The van der Waals surface area contributed by atoms with Crippen molar-refractivity contribution in [2.24, 2.45) is 0 Å². The van der Waals surface area contributed by atoms with Gasteiger partial charge in [-0.1, -0.05) is 18.5 Å². The second-order valence-corrected chi connectivity index (χ2v) is 5.76. The van der Waals surface area contributed by atoms with Crippen molar-refractivity contribution in [3.8, 4) is 0 Å². The van der Waals surface area contributed by atoms with Gasteiger partial charge in [0.1, 0.15) is 0 Å². The molecule has 5 nitrogen and oxygen atoms in total. The number of likely N-dealkylation sites (N-methyl/N-ethyl adjacent to an activating group) is 1. The van der Waals surface area contributed by atoms with Crippen LogP contribution in [0.5, 0.6) is 0 Å². The highest BCUT2D eigenvalue weighted by atomic mass is 16.5. The summed E-state index contributed by atoms with van der Waals surface area (Å²) in [4.78, 5) is 14.4. The number of carbonyl (C=O) groups excluding carboxylic acids is 1. The first-order valence-corrected chi connectivity index (χ1v) is 7.55. The zero-order chi connectivity index (χ0) is 14.5. The molecule has 112 valence electrons. The average Bonchev–Trinajstić information content (AvgIpc) is 2.86. The fourth-order valence-electron chi connectivity index (χ4n) is 2.74. The highest BCUT2D eigenvalue weighted by Gasteiger charge is 2.24. The molecule has 20 heavy (non-hydrogen) atoms. The predicted molar refractivity (Wildman–Crippen MR) is 77.9 cm³/mol. The first-order chi connectivity index (χ1) is 9.63. The largest absolute Gasteiger partial charge is 0.350 e. The molecule has 0 saturated heterocycles. The van der Waals surface area contributed by atoms with E-state index in [0.717, 1.165) is 49.8 Å². The van der Waals surface area contributed by atoms with Gasteiger partial charge in [-0.05, 0) is 46.2 Å². The molecule has 2 rings (SSSR count). The van der Waals surface area contributed by atoms with E-state index in [-0.39, 0.29) is 5.91 Å². The highest BCUT2D eigenvalue weighted by molar-refractivity contribution is 5.93. The minimum Gasteiger partial charge on any atom is -0.350 e. The molecule has 0 radical (unpaired) electrons. The van der Waals surface area contributed by atoms with E-state index in [1.165, 1.54) is 0 Å². The number of aromatic nitrogens is 1. The van der Waals surface area contributed by atoms with Gasteiger partial charge in [-0.2, -0.15) is 0 Å². The lowest BCUT2D eigenvalue weighted by atomic mass is 9.96. The number of fused-ring (bicyclic) bond motifs is 1. The van der Waals surface area contributed by atoms with Gasteiger partial charge >= 0.3 is 0 Å². The van der Waals surface area contributed by atoms with Crippen LogP contribution in [-0.2, 0) is 12.8 Å². The van der Waals surface area contributed by atoms with Gasteiger partial charge in [-0.3, -0.25) is 4.79 Å². The van der Waals surface area contributed by atoms with Gasteiger partial charge in [0, 0.05) is 18.2 Å². The average molecular weight is 279 g/mol. The Hall–Kier alpha value is -1.36. The predicted octanol–water partition coefficient (Wildman–Crippen LogP) is 2.01. The second kappa shape index (κ2) is 6.88. The van der Waals surface area contributed by atoms with Gasteiger partial charge in [0.05, 0.1) is 5.69 Å². The lowest BCUT2D eigenvalue weighted by molar-refractivity contribution is 0.0902. The number of aryl methyl sites for hydroxylation is 1. The first-order valence-electron chi connectivity index (χ1n) is 7.55. The molecule has 0 saturated carbocycles. The Bertz CT molecular complexity index is 454. The van der Waals surface area contributed by atoms with Crippen molar-refractivity contribution < 1.29 is 9.32 Å². The molecule has 1 atom stereocenters. The summed E-state index contributed by atoms with van der Waals surface area (Å²) in [5, 5.41) is 7.02. The number of nitrogens with zero attached hydrogens (tertiary/aromatic N) is 2. The minimum atomic E-state index is -0.122. The molecule has 1 aromatic rings. The van der Waals surface area contributed by atoms with E-state index in [1.54, 1.807) is 0 Å². The molecule has 1 aliphatic rings. The van der Waals surface area contributed by atoms with Gasteiger partial charge in [0.2, 0.25) is 5.76 Å². The lowest BCUT2D eigenvalue weighted by Gasteiger charge is -2.23. The molecule has 1 amide bonds. The smallest absolute Gasteiger partial charge is 0.290 e. The standard InChI is InChI=1S/C15H25N3O2/c1-4-7-11(18(2)3)10-16-15(19)14-12-8-5-6-9-13(12)17-20-14/h11H,4-10H2,1-3H3,(H,16,19)/t11-/m1/s1. The maximum Gasteiger partial charge on any atom is 0.290 e. The molecule has 0 fully saturated rings. The maximum atomic E-state index is 12.2. The second-order valence-electron chi connectivity index (χ2n) is 5.76. The van der Waals surface area contributed by atoms with Crippen LogP contribution in [0, 0.1) is 0 Å². The maximum absolute atomic E-state index is 12.2.